The van der Waals surface area contributed by atoms with Crippen molar-refractivity contribution < 1.29 is 50.1 Å². The van der Waals surface area contributed by atoms with E-state index in [1.807, 2.05) is 0 Å². The fourth-order valence-electron chi connectivity index (χ4n) is 3.49. The lowest BCUT2D eigenvalue weighted by atomic mass is 10.0. The lowest BCUT2D eigenvalue weighted by Crippen LogP contribution is -2.15. The Labute approximate surface area is 198 Å². The highest BCUT2D eigenvalue weighted by atomic mass is 19.4. The van der Waals surface area contributed by atoms with Gasteiger partial charge in [-0.05, 0) is 23.8 Å². The van der Waals surface area contributed by atoms with E-state index in [0.29, 0.717) is 17.7 Å². The third-order valence-corrected chi connectivity index (χ3v) is 5.21. The molecule has 0 spiro atoms. The number of fused-ring (bicyclic) bond motifs is 1. The molecule has 190 valence electrons. The molecule has 1 aromatic heterocycles. The van der Waals surface area contributed by atoms with Gasteiger partial charge in [0.15, 0.2) is 0 Å². The van der Waals surface area contributed by atoms with E-state index in [1.54, 1.807) is 0 Å². The Bertz CT molecular complexity index is 1340. The fraction of sp³-hybridized carbons (Fsp3) is 0.217. The second-order valence-corrected chi connectivity index (χ2v) is 7.80. The first-order valence-corrected chi connectivity index (χ1v) is 10.1. The Kier molecular flexibility index (Phi) is 6.41. The largest absolute Gasteiger partial charge is 0.489 e. The predicted octanol–water partition coefficient (Wildman–Crippen LogP) is 5.81. The molecule has 4 rings (SSSR count). The van der Waals surface area contributed by atoms with E-state index in [0.717, 1.165) is 12.3 Å². The van der Waals surface area contributed by atoms with Crippen LogP contribution in [-0.4, -0.2) is 27.5 Å². The molecule has 2 heterocycles. The molecule has 1 N–H and O–H groups in total. The third-order valence-electron chi connectivity index (χ3n) is 5.21. The molecule has 0 saturated heterocycles. The van der Waals surface area contributed by atoms with Gasteiger partial charge in [-0.1, -0.05) is 6.07 Å². The smallest absolute Gasteiger partial charge is 0.416 e. The number of benzene rings is 2. The van der Waals surface area contributed by atoms with Gasteiger partial charge in [0.05, 0.1) is 35.0 Å². The zero-order valence-electron chi connectivity index (χ0n) is 18.0. The summed E-state index contributed by atoms with van der Waals surface area (Å²) in [5.74, 6) is -2.11. The number of nitrogens with zero attached hydrogens (tertiary/aromatic N) is 2. The van der Waals surface area contributed by atoms with E-state index < -0.39 is 47.4 Å². The lowest BCUT2D eigenvalue weighted by Gasteiger charge is -2.20. The molecule has 3 aromatic rings. The molecule has 0 fully saturated rings. The first-order valence-electron chi connectivity index (χ1n) is 10.1. The molecule has 6 nitrogen and oxygen atoms in total. The predicted molar refractivity (Wildman–Crippen MR) is 110 cm³/mol. The molecule has 2 aromatic carbocycles. The molecule has 0 radical (unpaired) electrons. The minimum absolute atomic E-state index is 0.000586. The summed E-state index contributed by atoms with van der Waals surface area (Å²) in [5.41, 5.74) is -2.94. The van der Waals surface area contributed by atoms with Crippen molar-refractivity contribution in [1.82, 2.24) is 9.78 Å². The number of carboxylic acid groups (broad SMARTS) is 1. The summed E-state index contributed by atoms with van der Waals surface area (Å²) in [4.78, 5) is 11.0. The van der Waals surface area contributed by atoms with Gasteiger partial charge in [0.25, 0.3) is 0 Å². The highest BCUT2D eigenvalue weighted by Crippen LogP contribution is 2.38. The van der Waals surface area contributed by atoms with E-state index in [1.165, 1.54) is 23.0 Å². The normalized spacial score (nSPS) is 13.6. The molecular formula is C23H15F7N2O4. The summed E-state index contributed by atoms with van der Waals surface area (Å²) < 4.78 is 105. The summed E-state index contributed by atoms with van der Waals surface area (Å²) in [6.07, 6.45) is -6.10. The SMILES string of the molecule is O=C(O)c1cnn(CC2=Cc3c(F)cc(OCc4ccc(C(F)(F)F)cc4C(F)(F)F)cc3OC2)c1. The average Bonchev–Trinajstić information content (AvgIpc) is 3.25. The van der Waals surface area contributed by atoms with Crippen molar-refractivity contribution in [3.8, 4) is 11.5 Å². The van der Waals surface area contributed by atoms with Crippen molar-refractivity contribution in [2.75, 3.05) is 6.61 Å². The van der Waals surface area contributed by atoms with Gasteiger partial charge in [0.1, 0.15) is 30.5 Å². The molecule has 1 aliphatic heterocycles. The Morgan fingerprint density at radius 2 is 1.86 bits per heavy atom. The van der Waals surface area contributed by atoms with Gasteiger partial charge in [-0.3, -0.25) is 4.68 Å². The van der Waals surface area contributed by atoms with Gasteiger partial charge in [-0.25, -0.2) is 9.18 Å². The van der Waals surface area contributed by atoms with Crippen LogP contribution in [0.3, 0.4) is 0 Å². The fourth-order valence-corrected chi connectivity index (χ4v) is 3.49. The van der Waals surface area contributed by atoms with Crippen molar-refractivity contribution in [2.24, 2.45) is 0 Å². The van der Waals surface area contributed by atoms with Crippen LogP contribution < -0.4 is 9.47 Å². The summed E-state index contributed by atoms with van der Waals surface area (Å²) in [6, 6.07) is 3.34. The van der Waals surface area contributed by atoms with Gasteiger partial charge in [0.2, 0.25) is 0 Å². The number of ether oxygens (including phenoxy) is 2. The number of aromatic carboxylic acids is 1. The number of carbonyl (C=O) groups is 1. The molecule has 0 atom stereocenters. The second-order valence-electron chi connectivity index (χ2n) is 7.80. The minimum atomic E-state index is -5.06. The van der Waals surface area contributed by atoms with Crippen LogP contribution in [0, 0.1) is 5.82 Å². The number of carboxylic acids is 1. The maximum atomic E-state index is 14.7. The first kappa shape index (κ1) is 25.1. The van der Waals surface area contributed by atoms with Crippen LogP contribution in [0.5, 0.6) is 11.5 Å². The van der Waals surface area contributed by atoms with Gasteiger partial charge in [0, 0.05) is 23.9 Å². The van der Waals surface area contributed by atoms with Crippen molar-refractivity contribution in [3.63, 3.8) is 0 Å². The minimum Gasteiger partial charge on any atom is -0.489 e. The van der Waals surface area contributed by atoms with Crippen LogP contribution in [0.4, 0.5) is 30.7 Å². The number of halogens is 7. The Morgan fingerprint density at radius 1 is 1.11 bits per heavy atom. The van der Waals surface area contributed by atoms with Crippen LogP contribution in [-0.2, 0) is 25.5 Å². The highest BCUT2D eigenvalue weighted by Gasteiger charge is 2.38. The number of rotatable bonds is 6. The van der Waals surface area contributed by atoms with Crippen molar-refractivity contribution in [3.05, 3.63) is 81.9 Å². The van der Waals surface area contributed by atoms with Gasteiger partial charge in [-0.2, -0.15) is 31.4 Å². The molecule has 1 aliphatic rings. The first-order chi connectivity index (χ1) is 16.8. The Balaban J connectivity index is 1.52. The maximum Gasteiger partial charge on any atom is 0.416 e. The molecule has 0 aliphatic carbocycles. The zero-order chi connectivity index (χ0) is 26.3. The quantitative estimate of drug-likeness (QED) is 0.419. The van der Waals surface area contributed by atoms with Crippen LogP contribution in [0.25, 0.3) is 6.08 Å². The van der Waals surface area contributed by atoms with Crippen molar-refractivity contribution in [2.45, 2.75) is 25.5 Å². The Morgan fingerprint density at radius 3 is 2.50 bits per heavy atom. The number of aromatic nitrogens is 2. The van der Waals surface area contributed by atoms with E-state index in [-0.39, 0.29) is 41.8 Å². The molecule has 0 amide bonds. The summed E-state index contributed by atoms with van der Waals surface area (Å²) in [7, 11) is 0. The van der Waals surface area contributed by atoms with Crippen molar-refractivity contribution >= 4 is 12.0 Å². The number of alkyl halides is 6. The molecule has 0 unspecified atom stereocenters. The molecule has 0 bridgehead atoms. The van der Waals surface area contributed by atoms with E-state index >= 15 is 0 Å². The number of hydrogen-bond acceptors (Lipinski definition) is 4. The van der Waals surface area contributed by atoms with E-state index in [9.17, 15) is 35.5 Å². The lowest BCUT2D eigenvalue weighted by molar-refractivity contribution is -0.143. The van der Waals surface area contributed by atoms with Crippen LogP contribution >= 0.6 is 0 Å². The molecule has 36 heavy (non-hydrogen) atoms. The zero-order valence-corrected chi connectivity index (χ0v) is 18.0. The summed E-state index contributed by atoms with van der Waals surface area (Å²) >= 11 is 0. The van der Waals surface area contributed by atoms with Gasteiger partial charge in [-0.15, -0.1) is 0 Å². The molecular weight excluding hydrogens is 501 g/mol. The summed E-state index contributed by atoms with van der Waals surface area (Å²) in [5, 5.41) is 12.9. The maximum absolute atomic E-state index is 14.7. The van der Waals surface area contributed by atoms with Crippen molar-refractivity contribution in [1.29, 1.82) is 0 Å². The third kappa shape index (κ3) is 5.44. The highest BCUT2D eigenvalue weighted by molar-refractivity contribution is 5.86. The topological polar surface area (TPSA) is 73.6 Å². The van der Waals surface area contributed by atoms with Gasteiger partial charge >= 0.3 is 18.3 Å². The van der Waals surface area contributed by atoms with Crippen LogP contribution in [0.1, 0.15) is 32.6 Å². The van der Waals surface area contributed by atoms with Crippen LogP contribution in [0.2, 0.25) is 0 Å². The van der Waals surface area contributed by atoms with E-state index in [4.69, 9.17) is 14.6 Å². The average molecular weight is 516 g/mol. The van der Waals surface area contributed by atoms with Crippen LogP contribution in [0.15, 0.2) is 48.3 Å². The second kappa shape index (κ2) is 9.21. The summed E-state index contributed by atoms with van der Waals surface area (Å²) in [6.45, 7) is -0.647. The van der Waals surface area contributed by atoms with E-state index in [2.05, 4.69) is 5.10 Å². The molecule has 0 saturated carbocycles. The monoisotopic (exact) mass is 516 g/mol. The standard InChI is InChI=1S/C23H15F7N2O4/c24-19-5-16(35-11-13-1-2-15(22(25,26)27)4-18(13)23(28,29)30)6-20-17(19)3-12(10-36-20)8-32-9-14(7-31-32)21(33)34/h1-7,9H,8,10-11H2,(H,33,34). The Hall–Kier alpha value is -4.03. The van der Waals surface area contributed by atoms with Gasteiger partial charge < -0.3 is 14.6 Å². The molecule has 13 heteroatoms. The number of hydrogen-bond donors (Lipinski definition) is 1.